The first-order valence-corrected chi connectivity index (χ1v) is 8.14. The molecule has 0 amide bonds. The number of carbonyl (C=O) groups is 1. The van der Waals surface area contributed by atoms with Crippen LogP contribution in [0.25, 0.3) is 0 Å². The Bertz CT molecular complexity index is 725. The molecule has 0 aliphatic heterocycles. The van der Waals surface area contributed by atoms with Gasteiger partial charge in [0.2, 0.25) is 0 Å². The van der Waals surface area contributed by atoms with E-state index in [1.54, 1.807) is 37.3 Å². The van der Waals surface area contributed by atoms with Crippen molar-refractivity contribution in [2.75, 3.05) is 5.75 Å². The molecule has 0 saturated carbocycles. The van der Waals surface area contributed by atoms with Crippen molar-refractivity contribution in [2.24, 2.45) is 0 Å². The summed E-state index contributed by atoms with van der Waals surface area (Å²) in [4.78, 5) is 11.4. The van der Waals surface area contributed by atoms with E-state index in [9.17, 15) is 18.3 Å². The van der Waals surface area contributed by atoms with Crippen LogP contribution in [0.3, 0.4) is 0 Å². The highest BCUT2D eigenvalue weighted by atomic mass is 32.2. The molecule has 0 fully saturated rings. The van der Waals surface area contributed by atoms with Crippen LogP contribution in [0.2, 0.25) is 0 Å². The van der Waals surface area contributed by atoms with Crippen LogP contribution in [-0.2, 0) is 20.4 Å². The number of aromatic nitrogens is 3. The molecule has 1 N–H and O–H groups in total. The molecule has 1 heterocycles. The van der Waals surface area contributed by atoms with Crippen molar-refractivity contribution in [1.29, 1.82) is 0 Å². The van der Waals surface area contributed by atoms with Gasteiger partial charge in [-0.05, 0) is 5.56 Å². The second-order valence-corrected chi connectivity index (χ2v) is 6.87. The standard InChI is InChI=1S/C13H15N3O4S/c1-2-21(19,20)9-11-8-16(15-14-11)12(13(17)18)10-6-4-3-5-7-10/h3-8,12H,2,9H2,1H3,(H,17,18). The molecule has 2 aromatic rings. The summed E-state index contributed by atoms with van der Waals surface area (Å²) >= 11 is 0. The topological polar surface area (TPSA) is 102 Å². The largest absolute Gasteiger partial charge is 0.479 e. The molecule has 0 bridgehead atoms. The first-order chi connectivity index (χ1) is 9.93. The zero-order valence-electron chi connectivity index (χ0n) is 11.4. The SMILES string of the molecule is CCS(=O)(=O)Cc1cn(C(C(=O)O)c2ccccc2)nn1. The minimum atomic E-state index is -3.23. The van der Waals surface area contributed by atoms with Crippen LogP contribution >= 0.6 is 0 Å². The lowest BCUT2D eigenvalue weighted by atomic mass is 10.1. The van der Waals surface area contributed by atoms with Gasteiger partial charge in [-0.25, -0.2) is 17.9 Å². The van der Waals surface area contributed by atoms with Crippen LogP contribution in [-0.4, -0.2) is 40.2 Å². The van der Waals surface area contributed by atoms with Crippen molar-refractivity contribution < 1.29 is 18.3 Å². The van der Waals surface area contributed by atoms with Gasteiger partial charge < -0.3 is 5.11 Å². The number of hydrogen-bond acceptors (Lipinski definition) is 5. The van der Waals surface area contributed by atoms with E-state index < -0.39 is 21.8 Å². The number of nitrogens with zero attached hydrogens (tertiary/aromatic N) is 3. The summed E-state index contributed by atoms with van der Waals surface area (Å²) in [5.41, 5.74) is 0.777. The van der Waals surface area contributed by atoms with Crippen molar-refractivity contribution in [3.63, 3.8) is 0 Å². The minimum Gasteiger partial charge on any atom is -0.479 e. The van der Waals surface area contributed by atoms with Gasteiger partial charge in [0.05, 0.1) is 17.6 Å². The van der Waals surface area contributed by atoms with E-state index in [1.807, 2.05) is 0 Å². The van der Waals surface area contributed by atoms with Gasteiger partial charge in [0.25, 0.3) is 0 Å². The summed E-state index contributed by atoms with van der Waals surface area (Å²) in [6.45, 7) is 1.55. The molecule has 0 aliphatic rings. The second kappa shape index (κ2) is 6.04. The molecule has 0 aliphatic carbocycles. The highest BCUT2D eigenvalue weighted by molar-refractivity contribution is 7.90. The van der Waals surface area contributed by atoms with Gasteiger partial charge in [-0.15, -0.1) is 5.10 Å². The predicted octanol–water partition coefficient (Wildman–Crippen LogP) is 0.887. The monoisotopic (exact) mass is 309 g/mol. The average Bonchev–Trinajstić information content (AvgIpc) is 2.87. The van der Waals surface area contributed by atoms with Crippen LogP contribution in [0.15, 0.2) is 36.5 Å². The van der Waals surface area contributed by atoms with Crippen LogP contribution in [0.5, 0.6) is 0 Å². The molecular weight excluding hydrogens is 294 g/mol. The quantitative estimate of drug-likeness (QED) is 0.850. The van der Waals surface area contributed by atoms with Crippen molar-refractivity contribution >= 4 is 15.8 Å². The van der Waals surface area contributed by atoms with E-state index in [-0.39, 0.29) is 17.2 Å². The zero-order valence-corrected chi connectivity index (χ0v) is 12.2. The molecule has 1 aromatic carbocycles. The second-order valence-electron chi connectivity index (χ2n) is 4.52. The van der Waals surface area contributed by atoms with Gasteiger partial charge in [0.1, 0.15) is 0 Å². The highest BCUT2D eigenvalue weighted by Gasteiger charge is 2.24. The molecule has 8 heteroatoms. The Morgan fingerprint density at radius 2 is 2.00 bits per heavy atom. The molecule has 0 radical (unpaired) electrons. The zero-order chi connectivity index (χ0) is 15.5. The Hall–Kier alpha value is -2.22. The lowest BCUT2D eigenvalue weighted by molar-refractivity contribution is -0.139. The Labute approximate surface area is 122 Å². The molecule has 1 atom stereocenters. The number of sulfone groups is 1. The maximum absolute atomic E-state index is 11.6. The molecule has 2 rings (SSSR count). The Kier molecular flexibility index (Phi) is 4.37. The van der Waals surface area contributed by atoms with E-state index in [1.165, 1.54) is 6.20 Å². The Morgan fingerprint density at radius 3 is 2.57 bits per heavy atom. The predicted molar refractivity (Wildman–Crippen MR) is 75.4 cm³/mol. The molecule has 1 unspecified atom stereocenters. The summed E-state index contributed by atoms with van der Waals surface area (Å²) in [6.07, 6.45) is 1.36. The van der Waals surface area contributed by atoms with Crippen molar-refractivity contribution in [3.8, 4) is 0 Å². The minimum absolute atomic E-state index is 0.000897. The van der Waals surface area contributed by atoms with E-state index in [0.717, 1.165) is 4.68 Å². The first kappa shape index (κ1) is 15.2. The number of aliphatic carboxylic acids is 1. The molecule has 1 aromatic heterocycles. The third-order valence-corrected chi connectivity index (χ3v) is 4.59. The number of carboxylic acid groups (broad SMARTS) is 1. The van der Waals surface area contributed by atoms with Crippen molar-refractivity contribution in [1.82, 2.24) is 15.0 Å². The maximum Gasteiger partial charge on any atom is 0.333 e. The van der Waals surface area contributed by atoms with Crippen LogP contribution in [0.4, 0.5) is 0 Å². The highest BCUT2D eigenvalue weighted by Crippen LogP contribution is 2.18. The van der Waals surface area contributed by atoms with Gasteiger partial charge in [-0.3, -0.25) is 0 Å². The van der Waals surface area contributed by atoms with Crippen LogP contribution < -0.4 is 0 Å². The maximum atomic E-state index is 11.6. The lowest BCUT2D eigenvalue weighted by Gasteiger charge is -2.12. The molecular formula is C13H15N3O4S. The summed E-state index contributed by atoms with van der Waals surface area (Å²) in [7, 11) is -3.23. The van der Waals surface area contributed by atoms with E-state index in [2.05, 4.69) is 10.3 Å². The lowest BCUT2D eigenvalue weighted by Crippen LogP contribution is -2.20. The summed E-state index contributed by atoms with van der Waals surface area (Å²) in [5, 5.41) is 16.9. The fourth-order valence-electron chi connectivity index (χ4n) is 1.88. The first-order valence-electron chi connectivity index (χ1n) is 6.32. The van der Waals surface area contributed by atoms with Gasteiger partial charge in [-0.2, -0.15) is 0 Å². The molecule has 0 spiro atoms. The van der Waals surface area contributed by atoms with Crippen molar-refractivity contribution in [2.45, 2.75) is 18.7 Å². The summed E-state index contributed by atoms with van der Waals surface area (Å²) < 4.78 is 24.3. The average molecular weight is 309 g/mol. The Morgan fingerprint density at radius 1 is 1.33 bits per heavy atom. The molecule has 7 nitrogen and oxygen atoms in total. The van der Waals surface area contributed by atoms with Gasteiger partial charge in [0, 0.05) is 5.75 Å². The fraction of sp³-hybridized carbons (Fsp3) is 0.308. The number of rotatable bonds is 6. The van der Waals surface area contributed by atoms with Gasteiger partial charge in [0.15, 0.2) is 15.9 Å². The van der Waals surface area contributed by atoms with E-state index in [0.29, 0.717) is 5.56 Å². The van der Waals surface area contributed by atoms with E-state index in [4.69, 9.17) is 0 Å². The Balaban J connectivity index is 2.32. The number of benzene rings is 1. The summed E-state index contributed by atoms with van der Waals surface area (Å²) in [5.74, 6) is -1.33. The third kappa shape index (κ3) is 3.66. The number of carboxylic acids is 1. The number of hydrogen-bond donors (Lipinski definition) is 1. The van der Waals surface area contributed by atoms with Crippen LogP contribution in [0, 0.1) is 0 Å². The smallest absolute Gasteiger partial charge is 0.333 e. The normalized spacial score (nSPS) is 13.0. The van der Waals surface area contributed by atoms with E-state index >= 15 is 0 Å². The molecule has 0 saturated heterocycles. The van der Waals surface area contributed by atoms with Crippen LogP contribution in [0.1, 0.15) is 24.2 Å². The molecule has 21 heavy (non-hydrogen) atoms. The van der Waals surface area contributed by atoms with Crippen molar-refractivity contribution in [3.05, 3.63) is 47.8 Å². The molecule has 112 valence electrons. The van der Waals surface area contributed by atoms with Gasteiger partial charge in [-0.1, -0.05) is 42.5 Å². The summed E-state index contributed by atoms with van der Waals surface area (Å²) in [6, 6.07) is 7.54. The van der Waals surface area contributed by atoms with Gasteiger partial charge >= 0.3 is 5.97 Å². The fourth-order valence-corrected chi connectivity index (χ4v) is 2.66. The third-order valence-electron chi connectivity index (χ3n) is 2.98.